The third-order valence-electron chi connectivity index (χ3n) is 6.44. The topological polar surface area (TPSA) is 127 Å². The SMILES string of the molecule is O=C(O)[C@@H](CO)NCc1cc(Cl)c(OCc2cccc(-c3cccc(F)c3)c2Br)cc1OCc1ccc2nonc2c1. The van der Waals surface area contributed by atoms with Gasteiger partial charge in [0.1, 0.15) is 47.6 Å². The minimum Gasteiger partial charge on any atom is -0.488 e. The zero-order valence-electron chi connectivity index (χ0n) is 21.9. The van der Waals surface area contributed by atoms with Gasteiger partial charge >= 0.3 is 5.97 Å². The summed E-state index contributed by atoms with van der Waals surface area (Å²) in [5.74, 6) is -0.783. The van der Waals surface area contributed by atoms with Crippen LogP contribution in [0.2, 0.25) is 5.02 Å². The molecule has 0 fully saturated rings. The molecule has 4 aromatic carbocycles. The number of aliphatic hydroxyl groups is 1. The van der Waals surface area contributed by atoms with Crippen LogP contribution in [-0.4, -0.2) is 39.1 Å². The van der Waals surface area contributed by atoms with Gasteiger partial charge in [0.15, 0.2) is 0 Å². The molecule has 0 aliphatic heterocycles. The van der Waals surface area contributed by atoms with Crippen LogP contribution in [0.5, 0.6) is 11.5 Å². The lowest BCUT2D eigenvalue weighted by Gasteiger charge is -2.18. The lowest BCUT2D eigenvalue weighted by molar-refractivity contribution is -0.140. The largest absolute Gasteiger partial charge is 0.488 e. The number of carboxylic acid groups (broad SMARTS) is 1. The first kappa shape index (κ1) is 29.5. The van der Waals surface area contributed by atoms with Crippen molar-refractivity contribution in [3.05, 3.63) is 105 Å². The normalized spacial score (nSPS) is 11.9. The van der Waals surface area contributed by atoms with Crippen LogP contribution in [0.25, 0.3) is 22.2 Å². The maximum absolute atomic E-state index is 13.8. The summed E-state index contributed by atoms with van der Waals surface area (Å²) in [6.07, 6.45) is 0. The number of fused-ring (bicyclic) bond motifs is 1. The maximum atomic E-state index is 13.8. The van der Waals surface area contributed by atoms with Crippen LogP contribution in [0.15, 0.2) is 81.9 Å². The second-order valence-corrected chi connectivity index (χ2v) is 10.5. The van der Waals surface area contributed by atoms with Crippen molar-refractivity contribution in [2.24, 2.45) is 0 Å². The van der Waals surface area contributed by atoms with Crippen molar-refractivity contribution in [1.82, 2.24) is 15.6 Å². The second kappa shape index (κ2) is 13.3. The Labute approximate surface area is 252 Å². The average Bonchev–Trinajstić information content (AvgIpc) is 3.45. The Morgan fingerprint density at radius 3 is 2.55 bits per heavy atom. The number of aromatic nitrogens is 2. The quantitative estimate of drug-likeness (QED) is 0.145. The van der Waals surface area contributed by atoms with Crippen molar-refractivity contribution in [2.45, 2.75) is 25.8 Å². The maximum Gasteiger partial charge on any atom is 0.323 e. The van der Waals surface area contributed by atoms with Gasteiger partial charge in [-0.2, -0.15) is 0 Å². The Bertz CT molecular complexity index is 1730. The molecule has 0 bridgehead atoms. The molecule has 0 spiro atoms. The molecule has 1 atom stereocenters. The van der Waals surface area contributed by atoms with Gasteiger partial charge in [-0.25, -0.2) is 9.02 Å². The van der Waals surface area contributed by atoms with E-state index in [0.29, 0.717) is 28.1 Å². The number of rotatable bonds is 12. The van der Waals surface area contributed by atoms with Crippen LogP contribution in [0, 0.1) is 5.82 Å². The fourth-order valence-electron chi connectivity index (χ4n) is 4.23. The van der Waals surface area contributed by atoms with Crippen LogP contribution in [0.1, 0.15) is 16.7 Å². The Kier molecular flexibility index (Phi) is 9.33. The molecule has 1 aromatic heterocycles. The predicted molar refractivity (Wildman–Crippen MR) is 157 cm³/mol. The van der Waals surface area contributed by atoms with E-state index in [1.807, 2.05) is 30.3 Å². The van der Waals surface area contributed by atoms with Gasteiger partial charge in [-0.05, 0) is 73.3 Å². The van der Waals surface area contributed by atoms with E-state index in [1.54, 1.807) is 30.3 Å². The molecule has 42 heavy (non-hydrogen) atoms. The zero-order chi connectivity index (χ0) is 29.6. The molecule has 0 saturated carbocycles. The van der Waals surface area contributed by atoms with E-state index in [2.05, 4.69) is 31.6 Å². The predicted octanol–water partition coefficient (Wildman–Crippen LogP) is 6.14. The molecule has 12 heteroatoms. The molecule has 0 aliphatic carbocycles. The number of aliphatic carboxylic acids is 1. The number of carboxylic acids is 1. The number of nitrogens with zero attached hydrogens (tertiary/aromatic N) is 2. The van der Waals surface area contributed by atoms with E-state index >= 15 is 0 Å². The van der Waals surface area contributed by atoms with Crippen LogP contribution >= 0.6 is 27.5 Å². The molecule has 5 aromatic rings. The number of benzene rings is 4. The lowest BCUT2D eigenvalue weighted by Crippen LogP contribution is -2.39. The van der Waals surface area contributed by atoms with Gasteiger partial charge in [0, 0.05) is 28.2 Å². The first-order chi connectivity index (χ1) is 20.3. The minimum absolute atomic E-state index is 0.0559. The van der Waals surface area contributed by atoms with Crippen molar-refractivity contribution in [2.75, 3.05) is 6.61 Å². The molecule has 0 unspecified atom stereocenters. The summed E-state index contributed by atoms with van der Waals surface area (Å²) in [5.41, 5.74) is 4.89. The highest BCUT2D eigenvalue weighted by molar-refractivity contribution is 9.10. The highest BCUT2D eigenvalue weighted by Crippen LogP contribution is 2.36. The number of nitrogens with one attached hydrogen (secondary N) is 1. The molecule has 5 rings (SSSR count). The molecule has 0 amide bonds. The summed E-state index contributed by atoms with van der Waals surface area (Å²) < 4.78 is 31.6. The fourth-order valence-corrected chi connectivity index (χ4v) is 5.07. The summed E-state index contributed by atoms with van der Waals surface area (Å²) in [4.78, 5) is 11.4. The molecule has 3 N–H and O–H groups in total. The van der Waals surface area contributed by atoms with Crippen LogP contribution in [0.4, 0.5) is 4.39 Å². The van der Waals surface area contributed by atoms with Gasteiger partial charge < -0.3 is 19.7 Å². The van der Waals surface area contributed by atoms with Crippen molar-refractivity contribution in [1.29, 1.82) is 0 Å². The Hall–Kier alpha value is -4.03. The Morgan fingerprint density at radius 2 is 1.76 bits per heavy atom. The first-order valence-electron chi connectivity index (χ1n) is 12.7. The second-order valence-electron chi connectivity index (χ2n) is 9.30. The monoisotopic (exact) mass is 655 g/mol. The summed E-state index contributed by atoms with van der Waals surface area (Å²) in [6, 6.07) is 19.4. The molecule has 0 aliphatic rings. The van der Waals surface area contributed by atoms with E-state index in [0.717, 1.165) is 26.7 Å². The number of hydrogen-bond donors (Lipinski definition) is 3. The number of carbonyl (C=O) groups is 1. The zero-order valence-corrected chi connectivity index (χ0v) is 24.2. The van der Waals surface area contributed by atoms with Crippen molar-refractivity contribution >= 4 is 44.5 Å². The number of ether oxygens (including phenoxy) is 2. The molecule has 0 saturated heterocycles. The third kappa shape index (κ3) is 6.88. The molecule has 0 radical (unpaired) electrons. The third-order valence-corrected chi connectivity index (χ3v) is 7.68. The minimum atomic E-state index is -1.19. The standard InChI is InChI=1S/C30H24BrClFN3O6/c31-29-19(4-2-6-22(29)18-3-1-5-21(33)10-18)16-41-28-12-27(20(11-23(28)32)13-34-26(14-37)30(38)39)40-15-17-7-8-24-25(9-17)36-42-35-24/h1-12,26,34,37H,13-16H2,(H,38,39)/t26-/m1/s1. The summed E-state index contributed by atoms with van der Waals surface area (Å²) in [5, 5.41) is 29.4. The van der Waals surface area contributed by atoms with Crippen LogP contribution < -0.4 is 14.8 Å². The van der Waals surface area contributed by atoms with Crippen molar-refractivity contribution < 1.29 is 33.5 Å². The summed E-state index contributed by atoms with van der Waals surface area (Å²) in [6.45, 7) is -0.238. The van der Waals surface area contributed by atoms with Crippen LogP contribution in [0.3, 0.4) is 0 Å². The highest BCUT2D eigenvalue weighted by atomic mass is 79.9. The summed E-state index contributed by atoms with van der Waals surface area (Å²) >= 11 is 10.2. The summed E-state index contributed by atoms with van der Waals surface area (Å²) in [7, 11) is 0. The van der Waals surface area contributed by atoms with Gasteiger partial charge in [-0.1, -0.05) is 48.0 Å². The van der Waals surface area contributed by atoms with Gasteiger partial charge in [0.05, 0.1) is 11.6 Å². The highest BCUT2D eigenvalue weighted by Gasteiger charge is 2.19. The van der Waals surface area contributed by atoms with Crippen molar-refractivity contribution in [3.8, 4) is 22.6 Å². The van der Waals surface area contributed by atoms with Gasteiger partial charge in [0.25, 0.3) is 0 Å². The van der Waals surface area contributed by atoms with E-state index in [-0.39, 0.29) is 30.6 Å². The molecular weight excluding hydrogens is 633 g/mol. The fraction of sp³-hybridized carbons (Fsp3) is 0.167. The molecule has 216 valence electrons. The van der Waals surface area contributed by atoms with E-state index in [4.69, 9.17) is 25.7 Å². The van der Waals surface area contributed by atoms with E-state index in [9.17, 15) is 19.4 Å². The average molecular weight is 657 g/mol. The van der Waals surface area contributed by atoms with E-state index in [1.165, 1.54) is 12.1 Å². The molecular formula is C30H24BrClFN3O6. The lowest BCUT2D eigenvalue weighted by atomic mass is 10.0. The molecule has 9 nitrogen and oxygen atoms in total. The number of aliphatic hydroxyl groups excluding tert-OH is 1. The van der Waals surface area contributed by atoms with Crippen molar-refractivity contribution in [3.63, 3.8) is 0 Å². The van der Waals surface area contributed by atoms with E-state index < -0.39 is 18.6 Å². The molecule has 1 heterocycles. The Morgan fingerprint density at radius 1 is 0.976 bits per heavy atom. The van der Waals surface area contributed by atoms with Gasteiger partial charge in [0.2, 0.25) is 0 Å². The Balaban J connectivity index is 1.39. The number of halogens is 3. The first-order valence-corrected chi connectivity index (χ1v) is 13.9. The van der Waals surface area contributed by atoms with Gasteiger partial charge in [-0.3, -0.25) is 10.1 Å². The van der Waals surface area contributed by atoms with Crippen LogP contribution in [-0.2, 0) is 24.6 Å². The van der Waals surface area contributed by atoms with Gasteiger partial charge in [-0.15, -0.1) is 0 Å². The smallest absolute Gasteiger partial charge is 0.323 e. The number of hydrogen-bond acceptors (Lipinski definition) is 8.